The molecule has 1 rings (SSSR count). The van der Waals surface area contributed by atoms with Gasteiger partial charge in [-0.05, 0) is 6.07 Å². The molecule has 0 fully saturated rings. The predicted octanol–water partition coefficient (Wildman–Crippen LogP) is 2.58. The SMILES string of the molecule is C#Cc1ccccc1C(O)C#C[Si](C)(C)C. The van der Waals surface area contributed by atoms with Crippen molar-refractivity contribution in [3.63, 3.8) is 0 Å². The molecule has 16 heavy (non-hydrogen) atoms. The topological polar surface area (TPSA) is 20.2 Å². The van der Waals surface area contributed by atoms with E-state index in [2.05, 4.69) is 37.0 Å². The lowest BCUT2D eigenvalue weighted by Gasteiger charge is -2.08. The van der Waals surface area contributed by atoms with Crippen molar-refractivity contribution >= 4 is 8.07 Å². The minimum absolute atomic E-state index is 0.708. The maximum Gasteiger partial charge on any atom is 0.140 e. The number of benzene rings is 1. The van der Waals surface area contributed by atoms with Crippen molar-refractivity contribution in [2.45, 2.75) is 25.7 Å². The molecule has 1 aromatic carbocycles. The van der Waals surface area contributed by atoms with Gasteiger partial charge in [0.15, 0.2) is 0 Å². The lowest BCUT2D eigenvalue weighted by atomic mass is 10.0. The zero-order valence-corrected chi connectivity index (χ0v) is 10.9. The molecule has 0 aliphatic carbocycles. The van der Waals surface area contributed by atoms with Gasteiger partial charge in [-0.3, -0.25) is 0 Å². The smallest absolute Gasteiger partial charge is 0.140 e. The van der Waals surface area contributed by atoms with Crippen LogP contribution >= 0.6 is 0 Å². The summed E-state index contributed by atoms with van der Waals surface area (Å²) >= 11 is 0. The highest BCUT2D eigenvalue weighted by Gasteiger charge is 2.11. The van der Waals surface area contributed by atoms with Gasteiger partial charge >= 0.3 is 0 Å². The quantitative estimate of drug-likeness (QED) is 0.578. The van der Waals surface area contributed by atoms with Crippen LogP contribution in [0.25, 0.3) is 0 Å². The summed E-state index contributed by atoms with van der Waals surface area (Å²) in [5.74, 6) is 5.44. The molecule has 0 amide bonds. The van der Waals surface area contributed by atoms with E-state index in [1.807, 2.05) is 24.3 Å². The normalized spacial score (nSPS) is 12.2. The number of hydrogen-bond acceptors (Lipinski definition) is 1. The van der Waals surface area contributed by atoms with Crippen molar-refractivity contribution < 1.29 is 5.11 Å². The Kier molecular flexibility index (Phi) is 3.96. The largest absolute Gasteiger partial charge is 0.376 e. The van der Waals surface area contributed by atoms with Gasteiger partial charge in [0.1, 0.15) is 14.2 Å². The van der Waals surface area contributed by atoms with Crippen LogP contribution in [0.5, 0.6) is 0 Å². The zero-order chi connectivity index (χ0) is 12.2. The monoisotopic (exact) mass is 228 g/mol. The first kappa shape index (κ1) is 12.6. The fourth-order valence-electron chi connectivity index (χ4n) is 1.23. The third-order valence-electron chi connectivity index (χ3n) is 1.99. The Morgan fingerprint density at radius 1 is 1.25 bits per heavy atom. The number of aliphatic hydroxyl groups is 1. The molecule has 0 aromatic heterocycles. The van der Waals surface area contributed by atoms with Gasteiger partial charge in [0, 0.05) is 11.1 Å². The fraction of sp³-hybridized carbons (Fsp3) is 0.286. The summed E-state index contributed by atoms with van der Waals surface area (Å²) in [6.07, 6.45) is 4.59. The molecular weight excluding hydrogens is 212 g/mol. The summed E-state index contributed by atoms with van der Waals surface area (Å²) in [5, 5.41) is 9.95. The average molecular weight is 228 g/mol. The van der Waals surface area contributed by atoms with Crippen LogP contribution in [0.3, 0.4) is 0 Å². The second-order valence-electron chi connectivity index (χ2n) is 4.65. The highest BCUT2D eigenvalue weighted by Crippen LogP contribution is 2.16. The number of aliphatic hydroxyl groups excluding tert-OH is 1. The van der Waals surface area contributed by atoms with E-state index in [1.165, 1.54) is 0 Å². The van der Waals surface area contributed by atoms with Crippen molar-refractivity contribution in [2.24, 2.45) is 0 Å². The van der Waals surface area contributed by atoms with Crippen LogP contribution in [0.2, 0.25) is 19.6 Å². The third-order valence-corrected chi connectivity index (χ3v) is 2.89. The summed E-state index contributed by atoms with van der Waals surface area (Å²) in [5.41, 5.74) is 4.57. The molecule has 82 valence electrons. The summed E-state index contributed by atoms with van der Waals surface area (Å²) in [6, 6.07) is 7.35. The van der Waals surface area contributed by atoms with Gasteiger partial charge in [0.25, 0.3) is 0 Å². The molecule has 0 bridgehead atoms. The summed E-state index contributed by atoms with van der Waals surface area (Å²) in [4.78, 5) is 0. The molecule has 1 nitrogen and oxygen atoms in total. The second-order valence-corrected chi connectivity index (χ2v) is 9.40. The van der Waals surface area contributed by atoms with Crippen LogP contribution in [0.4, 0.5) is 0 Å². The maximum atomic E-state index is 9.95. The highest BCUT2D eigenvalue weighted by atomic mass is 28.3. The van der Waals surface area contributed by atoms with E-state index >= 15 is 0 Å². The Balaban J connectivity index is 3.01. The van der Waals surface area contributed by atoms with Crippen molar-refractivity contribution in [3.05, 3.63) is 35.4 Å². The Labute approximate surface area is 98.5 Å². The molecule has 2 heteroatoms. The van der Waals surface area contributed by atoms with Crippen LogP contribution in [0.1, 0.15) is 17.2 Å². The molecule has 1 N–H and O–H groups in total. The number of terminal acetylenes is 1. The molecule has 0 spiro atoms. The van der Waals surface area contributed by atoms with Crippen molar-refractivity contribution in [3.8, 4) is 23.8 Å². The standard InChI is InChI=1S/C14H16OSi/c1-5-12-8-6-7-9-13(12)14(15)10-11-16(2,3)4/h1,6-9,14-15H,2-4H3. The van der Waals surface area contributed by atoms with Gasteiger partial charge in [-0.2, -0.15) is 0 Å². The van der Waals surface area contributed by atoms with Crippen molar-refractivity contribution in [1.82, 2.24) is 0 Å². The van der Waals surface area contributed by atoms with Gasteiger partial charge < -0.3 is 5.11 Å². The number of hydrogen-bond donors (Lipinski definition) is 1. The molecule has 0 aliphatic rings. The van der Waals surface area contributed by atoms with Gasteiger partial charge in [-0.25, -0.2) is 0 Å². The van der Waals surface area contributed by atoms with Gasteiger partial charge in [-0.1, -0.05) is 49.7 Å². The number of rotatable bonds is 1. The van der Waals surface area contributed by atoms with Gasteiger partial charge in [-0.15, -0.1) is 12.0 Å². The van der Waals surface area contributed by atoms with E-state index in [0.29, 0.717) is 5.56 Å². The van der Waals surface area contributed by atoms with E-state index in [1.54, 1.807) is 0 Å². The first-order valence-electron chi connectivity index (χ1n) is 5.20. The minimum Gasteiger partial charge on any atom is -0.376 e. The maximum absolute atomic E-state index is 9.95. The minimum atomic E-state index is -1.45. The Bertz CT molecular complexity index is 466. The fourth-order valence-corrected chi connectivity index (χ4v) is 1.80. The van der Waals surface area contributed by atoms with E-state index < -0.39 is 14.2 Å². The first-order chi connectivity index (χ1) is 7.44. The van der Waals surface area contributed by atoms with Crippen molar-refractivity contribution in [2.75, 3.05) is 0 Å². The van der Waals surface area contributed by atoms with Gasteiger partial charge in [0.2, 0.25) is 0 Å². The van der Waals surface area contributed by atoms with Crippen LogP contribution in [-0.2, 0) is 0 Å². The Hall–Kier alpha value is -1.48. The average Bonchev–Trinajstić information content (AvgIpc) is 2.25. The Morgan fingerprint density at radius 2 is 1.88 bits per heavy atom. The first-order valence-corrected chi connectivity index (χ1v) is 8.70. The lowest BCUT2D eigenvalue weighted by molar-refractivity contribution is 0.238. The third kappa shape index (κ3) is 3.59. The highest BCUT2D eigenvalue weighted by molar-refractivity contribution is 6.83. The van der Waals surface area contributed by atoms with E-state index in [9.17, 15) is 5.11 Å². The van der Waals surface area contributed by atoms with Crippen LogP contribution in [-0.4, -0.2) is 13.2 Å². The molecule has 0 heterocycles. The molecule has 1 unspecified atom stereocenters. The summed E-state index contributed by atoms with van der Waals surface area (Å²) in [7, 11) is -1.45. The molecule has 0 saturated carbocycles. The van der Waals surface area contributed by atoms with E-state index in [4.69, 9.17) is 6.42 Å². The van der Waals surface area contributed by atoms with E-state index in [-0.39, 0.29) is 0 Å². The van der Waals surface area contributed by atoms with Crippen molar-refractivity contribution in [1.29, 1.82) is 0 Å². The lowest BCUT2D eigenvalue weighted by Crippen LogP contribution is -2.17. The van der Waals surface area contributed by atoms with Gasteiger partial charge in [0.05, 0.1) is 0 Å². The second kappa shape index (κ2) is 5.03. The zero-order valence-electron chi connectivity index (χ0n) is 9.91. The van der Waals surface area contributed by atoms with Crippen LogP contribution in [0, 0.1) is 23.8 Å². The molecule has 0 saturated heterocycles. The molecular formula is C14H16OSi. The molecule has 0 aliphatic heterocycles. The molecule has 1 aromatic rings. The predicted molar refractivity (Wildman–Crippen MR) is 70.5 cm³/mol. The van der Waals surface area contributed by atoms with Crippen LogP contribution < -0.4 is 0 Å². The van der Waals surface area contributed by atoms with E-state index in [0.717, 1.165) is 5.56 Å². The summed E-state index contributed by atoms with van der Waals surface area (Å²) in [6.45, 7) is 6.42. The molecule has 0 radical (unpaired) electrons. The summed E-state index contributed by atoms with van der Waals surface area (Å²) < 4.78 is 0. The Morgan fingerprint density at radius 3 is 2.44 bits per heavy atom. The molecule has 1 atom stereocenters. The van der Waals surface area contributed by atoms with Crippen LogP contribution in [0.15, 0.2) is 24.3 Å².